The number of anilines is 3. The zero-order valence-corrected chi connectivity index (χ0v) is 23.2. The van der Waals surface area contributed by atoms with Crippen LogP contribution in [0.25, 0.3) is 16.9 Å². The van der Waals surface area contributed by atoms with Gasteiger partial charge >= 0.3 is 12.1 Å². The summed E-state index contributed by atoms with van der Waals surface area (Å²) in [5.41, 5.74) is 3.56. The first-order valence-corrected chi connectivity index (χ1v) is 13.3. The van der Waals surface area contributed by atoms with Crippen LogP contribution in [0.15, 0.2) is 42.7 Å². The summed E-state index contributed by atoms with van der Waals surface area (Å²) >= 11 is 0. The summed E-state index contributed by atoms with van der Waals surface area (Å²) in [6.45, 7) is 0.520. The number of nitrogens with zero attached hydrogens (tertiary/aromatic N) is 5. The number of carboxylic acid groups (broad SMARTS) is 1. The van der Waals surface area contributed by atoms with Crippen molar-refractivity contribution in [3.63, 3.8) is 0 Å². The van der Waals surface area contributed by atoms with E-state index in [-0.39, 0.29) is 29.8 Å². The number of imidazole rings is 1. The number of aromatic nitrogens is 4. The Balaban J connectivity index is 0.000000515. The van der Waals surface area contributed by atoms with Gasteiger partial charge in [0.15, 0.2) is 23.4 Å². The molecular formula is C28H23F6N7O4. The molecule has 3 aromatic heterocycles. The highest BCUT2D eigenvalue weighted by molar-refractivity contribution is 5.94. The molecule has 6 rings (SSSR count). The number of carbonyl (C=O) groups excluding carboxylic acids is 2. The zero-order valence-electron chi connectivity index (χ0n) is 23.2. The van der Waals surface area contributed by atoms with Crippen molar-refractivity contribution < 1.29 is 45.8 Å². The van der Waals surface area contributed by atoms with Crippen LogP contribution in [-0.4, -0.2) is 74.6 Å². The van der Waals surface area contributed by atoms with E-state index in [1.54, 1.807) is 25.2 Å². The number of rotatable bonds is 6. The van der Waals surface area contributed by atoms with Crippen LogP contribution < -0.4 is 15.5 Å². The van der Waals surface area contributed by atoms with Crippen LogP contribution in [0.2, 0.25) is 0 Å². The molecule has 1 atom stereocenters. The largest absolute Gasteiger partial charge is 0.490 e. The third kappa shape index (κ3) is 5.97. The first kappa shape index (κ1) is 31.2. The van der Waals surface area contributed by atoms with Crippen molar-refractivity contribution in [2.75, 3.05) is 23.8 Å². The molecule has 4 aromatic rings. The molecule has 1 aliphatic carbocycles. The van der Waals surface area contributed by atoms with Crippen LogP contribution in [0, 0.1) is 5.82 Å². The Kier molecular flexibility index (Phi) is 8.12. The van der Waals surface area contributed by atoms with Crippen molar-refractivity contribution in [1.29, 1.82) is 0 Å². The molecule has 11 nitrogen and oxygen atoms in total. The van der Waals surface area contributed by atoms with Crippen molar-refractivity contribution in [2.45, 2.75) is 37.4 Å². The molecule has 0 unspecified atom stereocenters. The van der Waals surface area contributed by atoms with Gasteiger partial charge < -0.3 is 20.6 Å². The second-order valence-corrected chi connectivity index (χ2v) is 10.1. The van der Waals surface area contributed by atoms with Gasteiger partial charge in [-0.1, -0.05) is 12.1 Å². The van der Waals surface area contributed by atoms with Crippen LogP contribution >= 0.6 is 0 Å². The van der Waals surface area contributed by atoms with Crippen LogP contribution in [0.3, 0.4) is 0 Å². The van der Waals surface area contributed by atoms with E-state index in [4.69, 9.17) is 9.90 Å². The van der Waals surface area contributed by atoms with E-state index in [1.807, 2.05) is 11.0 Å². The second-order valence-electron chi connectivity index (χ2n) is 10.1. The monoisotopic (exact) mass is 635 g/mol. The number of halogens is 6. The summed E-state index contributed by atoms with van der Waals surface area (Å²) in [6, 6.07) is 7.16. The minimum Gasteiger partial charge on any atom is -0.475 e. The molecule has 1 saturated carbocycles. The molecule has 3 N–H and O–H groups in total. The van der Waals surface area contributed by atoms with E-state index in [1.165, 1.54) is 16.9 Å². The number of nitrogens with one attached hydrogen (secondary N) is 2. The maximum absolute atomic E-state index is 14.8. The minimum absolute atomic E-state index is 0.0377. The Morgan fingerprint density at radius 3 is 2.47 bits per heavy atom. The number of benzene rings is 1. The van der Waals surface area contributed by atoms with Crippen LogP contribution in [0.4, 0.5) is 43.5 Å². The fourth-order valence-corrected chi connectivity index (χ4v) is 4.95. The number of carbonyl (C=O) groups is 3. The molecule has 1 aromatic carbocycles. The molecule has 236 valence electrons. The highest BCUT2D eigenvalue weighted by atomic mass is 19.4. The van der Waals surface area contributed by atoms with Gasteiger partial charge in [0, 0.05) is 49.1 Å². The Morgan fingerprint density at radius 1 is 1.16 bits per heavy atom. The van der Waals surface area contributed by atoms with Gasteiger partial charge in [-0.2, -0.15) is 13.2 Å². The van der Waals surface area contributed by atoms with E-state index >= 15 is 0 Å². The summed E-state index contributed by atoms with van der Waals surface area (Å²) in [4.78, 5) is 43.2. The van der Waals surface area contributed by atoms with Crippen molar-refractivity contribution in [2.24, 2.45) is 0 Å². The first-order chi connectivity index (χ1) is 21.2. The van der Waals surface area contributed by atoms with Crippen molar-refractivity contribution in [3.05, 3.63) is 65.4 Å². The van der Waals surface area contributed by atoms with Crippen LogP contribution in [-0.2, 0) is 11.2 Å². The number of alkyl halides is 5. The molecule has 17 heteroatoms. The number of carboxylic acids is 1. The van der Waals surface area contributed by atoms with E-state index in [0.29, 0.717) is 42.0 Å². The summed E-state index contributed by atoms with van der Waals surface area (Å²) in [5.74, 6) is -6.47. The zero-order chi connectivity index (χ0) is 32.7. The molecular weight excluding hydrogens is 612 g/mol. The van der Waals surface area contributed by atoms with Crippen molar-refractivity contribution in [3.8, 4) is 11.3 Å². The molecule has 1 aliphatic heterocycles. The normalized spacial score (nSPS) is 16.7. The second kappa shape index (κ2) is 11.7. The number of fused-ring (bicyclic) bond motifs is 2. The molecule has 0 saturated heterocycles. The lowest BCUT2D eigenvalue weighted by Crippen LogP contribution is -2.55. The summed E-state index contributed by atoms with van der Waals surface area (Å²) in [7, 11) is 1.70. The average Bonchev–Trinajstić information content (AvgIpc) is 3.63. The first-order valence-electron chi connectivity index (χ1n) is 13.3. The number of hydrogen-bond acceptors (Lipinski definition) is 8. The number of amides is 1. The molecule has 0 bridgehead atoms. The Labute approximate surface area is 249 Å². The fourth-order valence-electron chi connectivity index (χ4n) is 4.95. The Bertz CT molecular complexity index is 1810. The predicted octanol–water partition coefficient (Wildman–Crippen LogP) is 4.64. The number of pyridine rings is 1. The average molecular weight is 636 g/mol. The predicted molar refractivity (Wildman–Crippen MR) is 147 cm³/mol. The van der Waals surface area contributed by atoms with Gasteiger partial charge in [-0.25, -0.2) is 27.5 Å². The van der Waals surface area contributed by atoms with E-state index < -0.39 is 35.8 Å². The van der Waals surface area contributed by atoms with Gasteiger partial charge in [0.05, 0.1) is 17.9 Å². The third-order valence-corrected chi connectivity index (χ3v) is 7.34. The number of hydrogen-bond donors (Lipinski definition) is 3. The number of aliphatic carboxylic acids is 1. The topological polar surface area (TPSA) is 142 Å². The lowest BCUT2D eigenvalue weighted by atomic mass is 9.88. The highest BCUT2D eigenvalue weighted by Gasteiger charge is 2.49. The van der Waals surface area contributed by atoms with Crippen LogP contribution in [0.5, 0.6) is 0 Å². The third-order valence-electron chi connectivity index (χ3n) is 7.34. The molecule has 0 spiro atoms. The molecule has 0 radical (unpaired) electrons. The van der Waals surface area contributed by atoms with E-state index in [9.17, 15) is 35.9 Å². The van der Waals surface area contributed by atoms with E-state index in [0.717, 1.165) is 17.3 Å². The molecule has 4 heterocycles. The van der Waals surface area contributed by atoms with Gasteiger partial charge in [-0.15, -0.1) is 5.10 Å². The molecule has 2 aliphatic rings. The number of aldehydes is 1. The fraction of sp³-hybridized carbons (Fsp3) is 0.286. The summed E-state index contributed by atoms with van der Waals surface area (Å²) < 4.78 is 75.4. The van der Waals surface area contributed by atoms with Gasteiger partial charge in [-0.3, -0.25) is 14.6 Å². The molecule has 1 fully saturated rings. The van der Waals surface area contributed by atoms with E-state index in [2.05, 4.69) is 25.7 Å². The SMILES string of the molecule is CNc1cc(N2CCc3c(-c4ncc(C=O)cc4F)cccc32)nn2c(C(=O)N[C@@H]3CCC3(F)F)cnc12.O=C(O)C(F)(F)F. The lowest BCUT2D eigenvalue weighted by Gasteiger charge is -2.36. The summed E-state index contributed by atoms with van der Waals surface area (Å²) in [5, 5.41) is 17.2. The Hall–Kier alpha value is -5.22. The molecule has 1 amide bonds. The quantitative estimate of drug-likeness (QED) is 0.204. The van der Waals surface area contributed by atoms with Gasteiger partial charge in [0.1, 0.15) is 11.5 Å². The maximum Gasteiger partial charge on any atom is 0.490 e. The van der Waals surface area contributed by atoms with Crippen LogP contribution in [0.1, 0.15) is 39.3 Å². The van der Waals surface area contributed by atoms with Gasteiger partial charge in [0.2, 0.25) is 0 Å². The highest BCUT2D eigenvalue weighted by Crippen LogP contribution is 2.41. The standard InChI is InChI=1S/C26H22F3N7O2.C2HF3O2/c1-30-18-10-22(34-36-20(12-32-24(18)36)25(38)33-21-5-7-26(21,28)29)35-8-6-15-16(3-2-4-19(15)35)23-17(27)9-14(13-37)11-31-23;3-2(4,5)1(6)7/h2-4,9-13,21,30H,5-8H2,1H3,(H,33,38);(H,6,7)/t21-;/m1./s1. The van der Waals surface area contributed by atoms with Crippen molar-refractivity contribution in [1.82, 2.24) is 24.9 Å². The molecule has 45 heavy (non-hydrogen) atoms. The summed E-state index contributed by atoms with van der Waals surface area (Å²) in [6.07, 6.45) is -1.38. The van der Waals surface area contributed by atoms with Gasteiger partial charge in [-0.05, 0) is 30.5 Å². The van der Waals surface area contributed by atoms with Gasteiger partial charge in [0.25, 0.3) is 11.8 Å². The smallest absolute Gasteiger partial charge is 0.475 e. The van der Waals surface area contributed by atoms with Crippen molar-refractivity contribution >= 4 is 41.0 Å². The Morgan fingerprint density at radius 2 is 1.89 bits per heavy atom. The lowest BCUT2D eigenvalue weighted by molar-refractivity contribution is -0.192. The minimum atomic E-state index is -5.08. The maximum atomic E-state index is 14.8.